The summed E-state index contributed by atoms with van der Waals surface area (Å²) in [5, 5.41) is 8.52. The molecule has 11 heavy (non-hydrogen) atoms. The van der Waals surface area contributed by atoms with Gasteiger partial charge in [-0.2, -0.15) is 5.26 Å². The van der Waals surface area contributed by atoms with Crippen LogP contribution in [0.4, 0.5) is 0 Å². The summed E-state index contributed by atoms with van der Waals surface area (Å²) >= 11 is 0. The van der Waals surface area contributed by atoms with Gasteiger partial charge in [0.15, 0.2) is 0 Å². The van der Waals surface area contributed by atoms with Gasteiger partial charge < -0.3 is 9.47 Å². The number of ether oxygens (including phenoxy) is 2. The summed E-state index contributed by atoms with van der Waals surface area (Å²) in [4.78, 5) is 0. The normalized spacial score (nSPS) is 11.2. The first-order valence-corrected chi connectivity index (χ1v) is 3.42. The van der Waals surface area contributed by atoms with Gasteiger partial charge in [-0.15, -0.1) is 0 Å². The zero-order valence-electron chi connectivity index (χ0n) is 6.96. The fourth-order valence-electron chi connectivity index (χ4n) is 0.643. The maximum atomic E-state index is 8.52. The van der Waals surface area contributed by atoms with Gasteiger partial charge in [0.1, 0.15) is 0 Å². The fraction of sp³-hybridized carbons (Fsp3) is 0.625. The van der Waals surface area contributed by atoms with Gasteiger partial charge in [0.2, 0.25) is 0 Å². The Bertz CT molecular complexity index is 158. The fourth-order valence-corrected chi connectivity index (χ4v) is 0.643. The van der Waals surface area contributed by atoms with E-state index >= 15 is 0 Å². The van der Waals surface area contributed by atoms with Crippen LogP contribution in [0.3, 0.4) is 0 Å². The molecule has 3 heteroatoms. The van der Waals surface area contributed by atoms with Gasteiger partial charge in [-0.05, 0) is 6.42 Å². The van der Waals surface area contributed by atoms with Crippen molar-refractivity contribution in [2.75, 3.05) is 27.4 Å². The van der Waals surface area contributed by atoms with Gasteiger partial charge in [-0.1, -0.05) is 6.08 Å². The van der Waals surface area contributed by atoms with Crippen LogP contribution in [0.5, 0.6) is 0 Å². The summed E-state index contributed by atoms with van der Waals surface area (Å²) in [5.74, 6) is 0. The monoisotopic (exact) mass is 155 g/mol. The van der Waals surface area contributed by atoms with Crippen molar-refractivity contribution in [3.05, 3.63) is 11.6 Å². The summed E-state index contributed by atoms with van der Waals surface area (Å²) in [7, 11) is 3.21. The van der Waals surface area contributed by atoms with E-state index < -0.39 is 0 Å². The van der Waals surface area contributed by atoms with E-state index in [1.807, 2.05) is 12.1 Å². The second-order valence-electron chi connectivity index (χ2n) is 2.06. The minimum Gasteiger partial charge on any atom is -0.384 e. The molecule has 0 saturated carbocycles. The number of nitriles is 1. The van der Waals surface area contributed by atoms with Crippen molar-refractivity contribution in [2.24, 2.45) is 0 Å². The average molecular weight is 155 g/mol. The predicted octanol–water partition coefficient (Wildman–Crippen LogP) is 1.12. The van der Waals surface area contributed by atoms with E-state index in [-0.39, 0.29) is 0 Å². The topological polar surface area (TPSA) is 42.2 Å². The summed E-state index contributed by atoms with van der Waals surface area (Å²) in [5.41, 5.74) is 0.657. The third kappa shape index (κ3) is 5.59. The van der Waals surface area contributed by atoms with E-state index in [2.05, 4.69) is 0 Å². The molecule has 0 saturated heterocycles. The largest absolute Gasteiger partial charge is 0.384 e. The number of hydrogen-bond acceptors (Lipinski definition) is 3. The van der Waals surface area contributed by atoms with Gasteiger partial charge in [-0.3, -0.25) is 0 Å². The molecule has 0 radical (unpaired) electrons. The number of hydrogen-bond donors (Lipinski definition) is 0. The highest BCUT2D eigenvalue weighted by molar-refractivity contribution is 5.20. The molecule has 0 fully saturated rings. The minimum atomic E-state index is 0.389. The van der Waals surface area contributed by atoms with E-state index in [1.54, 1.807) is 14.2 Å². The molecule has 3 nitrogen and oxygen atoms in total. The molecule has 0 aliphatic rings. The van der Waals surface area contributed by atoms with Crippen molar-refractivity contribution in [2.45, 2.75) is 6.42 Å². The molecule has 0 bridgehead atoms. The Kier molecular flexibility index (Phi) is 6.70. The third-order valence-electron chi connectivity index (χ3n) is 1.16. The molecule has 0 rings (SSSR count). The molecule has 0 spiro atoms. The SMILES string of the molecule is COCC/C=C(\C#N)COC. The molecule has 62 valence electrons. The summed E-state index contributed by atoms with van der Waals surface area (Å²) in [6.45, 7) is 1.04. The highest BCUT2D eigenvalue weighted by atomic mass is 16.5. The van der Waals surface area contributed by atoms with Crippen LogP contribution >= 0.6 is 0 Å². The van der Waals surface area contributed by atoms with Crippen LogP contribution in [-0.4, -0.2) is 27.4 Å². The maximum absolute atomic E-state index is 8.52. The van der Waals surface area contributed by atoms with Gasteiger partial charge in [0.25, 0.3) is 0 Å². The average Bonchev–Trinajstić information content (AvgIpc) is 2.03. The highest BCUT2D eigenvalue weighted by Crippen LogP contribution is 1.95. The smallest absolute Gasteiger partial charge is 0.0968 e. The first-order valence-electron chi connectivity index (χ1n) is 3.42. The Labute approximate surface area is 67.2 Å². The van der Waals surface area contributed by atoms with E-state index in [4.69, 9.17) is 14.7 Å². The van der Waals surface area contributed by atoms with Crippen molar-refractivity contribution in [3.8, 4) is 6.07 Å². The maximum Gasteiger partial charge on any atom is 0.0968 e. The predicted molar refractivity (Wildman–Crippen MR) is 42.1 cm³/mol. The zero-order valence-corrected chi connectivity index (χ0v) is 6.96. The van der Waals surface area contributed by atoms with Gasteiger partial charge >= 0.3 is 0 Å². The Morgan fingerprint density at radius 3 is 2.64 bits per heavy atom. The van der Waals surface area contributed by atoms with Crippen molar-refractivity contribution in [1.29, 1.82) is 5.26 Å². The molecule has 0 unspecified atom stereocenters. The third-order valence-corrected chi connectivity index (χ3v) is 1.16. The van der Waals surface area contributed by atoms with Crippen molar-refractivity contribution in [3.63, 3.8) is 0 Å². The molecule has 0 aliphatic carbocycles. The lowest BCUT2D eigenvalue weighted by atomic mass is 10.2. The Balaban J connectivity index is 3.64. The van der Waals surface area contributed by atoms with Crippen LogP contribution in [0.1, 0.15) is 6.42 Å². The standard InChI is InChI=1S/C8H13NO2/c1-10-5-3-4-8(6-9)7-11-2/h4H,3,5,7H2,1-2H3/b8-4+. The van der Waals surface area contributed by atoms with Crippen LogP contribution < -0.4 is 0 Å². The molecular formula is C8H13NO2. The minimum absolute atomic E-state index is 0.389. The first-order chi connectivity index (χ1) is 5.35. The molecule has 0 aromatic rings. The van der Waals surface area contributed by atoms with Crippen LogP contribution in [-0.2, 0) is 9.47 Å². The van der Waals surface area contributed by atoms with Crippen molar-refractivity contribution < 1.29 is 9.47 Å². The zero-order chi connectivity index (χ0) is 8.53. The summed E-state index contributed by atoms with van der Waals surface area (Å²) < 4.78 is 9.61. The van der Waals surface area contributed by atoms with E-state index in [9.17, 15) is 0 Å². The second-order valence-corrected chi connectivity index (χ2v) is 2.06. The summed E-state index contributed by atoms with van der Waals surface area (Å²) in [6.07, 6.45) is 2.59. The van der Waals surface area contributed by atoms with Crippen LogP contribution in [0.25, 0.3) is 0 Å². The van der Waals surface area contributed by atoms with Crippen LogP contribution in [0.15, 0.2) is 11.6 Å². The molecular weight excluding hydrogens is 142 g/mol. The Morgan fingerprint density at radius 1 is 1.45 bits per heavy atom. The lowest BCUT2D eigenvalue weighted by Crippen LogP contribution is -1.93. The molecule has 0 aromatic heterocycles. The van der Waals surface area contributed by atoms with Gasteiger partial charge in [0, 0.05) is 20.8 Å². The second kappa shape index (κ2) is 7.26. The van der Waals surface area contributed by atoms with Crippen LogP contribution in [0, 0.1) is 11.3 Å². The first kappa shape index (κ1) is 10.2. The molecule has 0 amide bonds. The molecule has 0 aromatic carbocycles. The number of rotatable bonds is 5. The Morgan fingerprint density at radius 2 is 2.18 bits per heavy atom. The Hall–Kier alpha value is -0.850. The molecule has 0 heterocycles. The van der Waals surface area contributed by atoms with Gasteiger partial charge in [-0.25, -0.2) is 0 Å². The van der Waals surface area contributed by atoms with Crippen molar-refractivity contribution >= 4 is 0 Å². The highest BCUT2D eigenvalue weighted by Gasteiger charge is 1.91. The number of nitrogens with zero attached hydrogens (tertiary/aromatic N) is 1. The summed E-state index contributed by atoms with van der Waals surface area (Å²) in [6, 6.07) is 2.04. The van der Waals surface area contributed by atoms with Gasteiger partial charge in [0.05, 0.1) is 18.2 Å². The van der Waals surface area contributed by atoms with Crippen LogP contribution in [0.2, 0.25) is 0 Å². The lowest BCUT2D eigenvalue weighted by Gasteiger charge is -1.95. The molecule has 0 atom stereocenters. The quantitative estimate of drug-likeness (QED) is 0.441. The number of methoxy groups -OCH3 is 2. The van der Waals surface area contributed by atoms with E-state index in [0.717, 1.165) is 6.42 Å². The van der Waals surface area contributed by atoms with E-state index in [0.29, 0.717) is 18.8 Å². The van der Waals surface area contributed by atoms with E-state index in [1.165, 1.54) is 0 Å². The lowest BCUT2D eigenvalue weighted by molar-refractivity contribution is 0.203. The molecule has 0 aliphatic heterocycles. The molecule has 0 N–H and O–H groups in total. The van der Waals surface area contributed by atoms with Crippen molar-refractivity contribution in [1.82, 2.24) is 0 Å².